The van der Waals surface area contributed by atoms with Crippen molar-refractivity contribution in [2.75, 3.05) is 12.4 Å². The molecule has 1 fully saturated rings. The number of aliphatic hydroxyl groups excluding tert-OH is 1. The van der Waals surface area contributed by atoms with Crippen molar-refractivity contribution in [3.8, 4) is 17.2 Å². The molecule has 1 saturated heterocycles. The van der Waals surface area contributed by atoms with Crippen LogP contribution in [-0.2, 0) is 19.3 Å². The molecule has 0 spiro atoms. The number of hydrogen-bond donors (Lipinski definition) is 1. The van der Waals surface area contributed by atoms with Crippen LogP contribution in [0.1, 0.15) is 20.3 Å². The maximum Gasteiger partial charge on any atom is 0.573 e. The topological polar surface area (TPSA) is 91.3 Å². The van der Waals surface area contributed by atoms with Gasteiger partial charge in [0, 0.05) is 6.42 Å². The molecule has 0 aliphatic carbocycles. The fraction of sp³-hybridized carbons (Fsp3) is 0.429. The van der Waals surface area contributed by atoms with Crippen LogP contribution in [0.4, 0.5) is 13.2 Å². The van der Waals surface area contributed by atoms with Crippen molar-refractivity contribution in [1.29, 1.82) is 0 Å². The largest absolute Gasteiger partial charge is 0.573 e. The highest BCUT2D eigenvalue weighted by atomic mass is 32.2. The first-order valence-electron chi connectivity index (χ1n) is 9.68. The summed E-state index contributed by atoms with van der Waals surface area (Å²) >= 11 is 0. The Balaban J connectivity index is 1.57. The smallest absolute Gasteiger partial charge is 0.457 e. The minimum atomic E-state index is -4.79. The van der Waals surface area contributed by atoms with E-state index in [4.69, 9.17) is 14.2 Å². The van der Waals surface area contributed by atoms with E-state index in [0.29, 0.717) is 0 Å². The molecule has 0 amide bonds. The Kier molecular flexibility index (Phi) is 7.03. The molecule has 0 saturated carbocycles. The second-order valence-corrected chi connectivity index (χ2v) is 9.75. The maximum absolute atomic E-state index is 12.6. The summed E-state index contributed by atoms with van der Waals surface area (Å²) in [6.45, 7) is 3.76. The fourth-order valence-corrected chi connectivity index (χ4v) is 4.55. The minimum Gasteiger partial charge on any atom is -0.457 e. The zero-order valence-electron chi connectivity index (χ0n) is 17.3. The normalized spacial score (nSPS) is 19.5. The van der Waals surface area contributed by atoms with E-state index < -0.39 is 33.8 Å². The predicted octanol–water partition coefficient (Wildman–Crippen LogP) is 4.05. The molecule has 1 unspecified atom stereocenters. The summed E-state index contributed by atoms with van der Waals surface area (Å²) in [5, 5.41) is 10.2. The average Bonchev–Trinajstić information content (AvgIpc) is 3.00. The minimum absolute atomic E-state index is 0.00162. The maximum atomic E-state index is 12.6. The van der Waals surface area contributed by atoms with Gasteiger partial charge in [0.25, 0.3) is 0 Å². The quantitative estimate of drug-likeness (QED) is 0.615. The van der Waals surface area contributed by atoms with E-state index in [9.17, 15) is 26.7 Å². The van der Waals surface area contributed by atoms with Gasteiger partial charge in [-0.3, -0.25) is 0 Å². The van der Waals surface area contributed by atoms with Crippen molar-refractivity contribution in [2.24, 2.45) is 0 Å². The van der Waals surface area contributed by atoms with Gasteiger partial charge in [-0.05, 0) is 62.4 Å². The molecule has 2 aromatic rings. The molecule has 2 aromatic carbocycles. The van der Waals surface area contributed by atoms with E-state index in [1.54, 1.807) is 13.8 Å². The monoisotopic (exact) mass is 476 g/mol. The van der Waals surface area contributed by atoms with Crippen LogP contribution in [0.15, 0.2) is 53.4 Å². The van der Waals surface area contributed by atoms with Crippen molar-refractivity contribution in [3.05, 3.63) is 48.5 Å². The molecular weight excluding hydrogens is 453 g/mol. The number of hydrogen-bond acceptors (Lipinski definition) is 7. The summed E-state index contributed by atoms with van der Waals surface area (Å²) in [6.07, 6.45) is -6.18. The number of aliphatic hydroxyl groups is 1. The molecule has 176 valence electrons. The lowest BCUT2D eigenvalue weighted by molar-refractivity contribution is -0.274. The summed E-state index contributed by atoms with van der Waals surface area (Å²) < 4.78 is 82.1. The molecule has 11 heteroatoms. The van der Waals surface area contributed by atoms with Gasteiger partial charge in [0.05, 0.1) is 29.5 Å². The molecule has 1 N–H and O–H groups in total. The Labute approximate surface area is 183 Å². The van der Waals surface area contributed by atoms with Gasteiger partial charge >= 0.3 is 6.36 Å². The number of rotatable bonds is 8. The number of ether oxygens (including phenoxy) is 4. The number of sulfone groups is 1. The SMILES string of the molecule is CC1(C)OC[C@H](CC(O)CS(=O)(=O)c2ccc(Oc3ccc(OC(F)(F)F)cc3)cc2)O1. The third-order valence-corrected chi connectivity index (χ3v) is 6.30. The predicted molar refractivity (Wildman–Crippen MR) is 107 cm³/mol. The van der Waals surface area contributed by atoms with Crippen molar-refractivity contribution in [3.63, 3.8) is 0 Å². The summed E-state index contributed by atoms with van der Waals surface area (Å²) in [4.78, 5) is 0.00162. The Hall–Kier alpha value is -2.34. The van der Waals surface area contributed by atoms with E-state index in [-0.39, 0.29) is 41.3 Å². The van der Waals surface area contributed by atoms with Crippen LogP contribution in [0.3, 0.4) is 0 Å². The van der Waals surface area contributed by atoms with Gasteiger partial charge in [-0.15, -0.1) is 13.2 Å². The Morgan fingerprint density at radius 2 is 1.59 bits per heavy atom. The molecule has 7 nitrogen and oxygen atoms in total. The molecule has 1 heterocycles. The molecule has 0 bridgehead atoms. The summed E-state index contributed by atoms with van der Waals surface area (Å²) in [5.41, 5.74) is 0. The van der Waals surface area contributed by atoms with E-state index in [1.807, 2.05) is 0 Å². The van der Waals surface area contributed by atoms with E-state index in [1.165, 1.54) is 36.4 Å². The molecule has 0 aromatic heterocycles. The highest BCUT2D eigenvalue weighted by Crippen LogP contribution is 2.29. The first kappa shape index (κ1) is 24.3. The third-order valence-electron chi connectivity index (χ3n) is 4.49. The summed E-state index contributed by atoms with van der Waals surface area (Å²) in [7, 11) is -3.77. The Morgan fingerprint density at radius 3 is 2.09 bits per heavy atom. The van der Waals surface area contributed by atoms with Crippen LogP contribution in [0.25, 0.3) is 0 Å². The van der Waals surface area contributed by atoms with Gasteiger partial charge in [-0.2, -0.15) is 0 Å². The molecular formula is C21H23F3O7S. The van der Waals surface area contributed by atoms with Crippen molar-refractivity contribution < 1.29 is 45.6 Å². The van der Waals surface area contributed by atoms with E-state index in [0.717, 1.165) is 12.1 Å². The Morgan fingerprint density at radius 1 is 1.06 bits per heavy atom. The van der Waals surface area contributed by atoms with Crippen LogP contribution in [0.2, 0.25) is 0 Å². The number of benzene rings is 2. The first-order valence-corrected chi connectivity index (χ1v) is 11.3. The summed E-state index contributed by atoms with van der Waals surface area (Å²) in [6, 6.07) is 10.3. The van der Waals surface area contributed by atoms with Gasteiger partial charge in [0.1, 0.15) is 17.2 Å². The molecule has 1 aliphatic heterocycles. The van der Waals surface area contributed by atoms with Crippen LogP contribution < -0.4 is 9.47 Å². The van der Waals surface area contributed by atoms with Crippen LogP contribution in [0, 0.1) is 0 Å². The van der Waals surface area contributed by atoms with Crippen LogP contribution >= 0.6 is 0 Å². The first-order chi connectivity index (χ1) is 14.8. The lowest BCUT2D eigenvalue weighted by Gasteiger charge is -2.19. The van der Waals surface area contributed by atoms with Crippen molar-refractivity contribution in [2.45, 2.75) is 49.5 Å². The van der Waals surface area contributed by atoms with Gasteiger partial charge in [0.2, 0.25) is 0 Å². The molecule has 32 heavy (non-hydrogen) atoms. The fourth-order valence-electron chi connectivity index (χ4n) is 3.16. The lowest BCUT2D eigenvalue weighted by Crippen LogP contribution is -2.28. The average molecular weight is 476 g/mol. The standard InChI is InChI=1S/C21H23F3O7S/c1-20(2)28-12-18(30-20)11-14(25)13-32(26,27)19-9-7-16(8-10-19)29-15-3-5-17(6-4-15)31-21(22,23)24/h3-10,14,18,25H,11-13H2,1-2H3/t14?,18-/m0/s1. The van der Waals surface area contributed by atoms with E-state index >= 15 is 0 Å². The molecule has 0 radical (unpaired) electrons. The second-order valence-electron chi connectivity index (χ2n) is 7.71. The van der Waals surface area contributed by atoms with Gasteiger partial charge in [0.15, 0.2) is 15.6 Å². The highest BCUT2D eigenvalue weighted by Gasteiger charge is 2.34. The van der Waals surface area contributed by atoms with Gasteiger partial charge in [-0.25, -0.2) is 8.42 Å². The van der Waals surface area contributed by atoms with Gasteiger partial charge < -0.3 is 24.1 Å². The second kappa shape index (κ2) is 9.26. The van der Waals surface area contributed by atoms with Crippen LogP contribution in [-0.4, -0.2) is 50.2 Å². The van der Waals surface area contributed by atoms with Crippen LogP contribution in [0.5, 0.6) is 17.2 Å². The lowest BCUT2D eigenvalue weighted by atomic mass is 10.2. The number of halogens is 3. The zero-order valence-corrected chi connectivity index (χ0v) is 18.2. The Bertz CT molecular complexity index is 1000. The molecule has 3 rings (SSSR count). The van der Waals surface area contributed by atoms with E-state index in [2.05, 4.69) is 4.74 Å². The van der Waals surface area contributed by atoms with Crippen molar-refractivity contribution >= 4 is 9.84 Å². The molecule has 2 atom stereocenters. The highest BCUT2D eigenvalue weighted by molar-refractivity contribution is 7.91. The zero-order chi connectivity index (χ0) is 23.6. The number of alkyl halides is 3. The third kappa shape index (κ3) is 7.09. The van der Waals surface area contributed by atoms with Gasteiger partial charge in [-0.1, -0.05) is 0 Å². The van der Waals surface area contributed by atoms with Crippen molar-refractivity contribution in [1.82, 2.24) is 0 Å². The molecule has 1 aliphatic rings. The summed E-state index contributed by atoms with van der Waals surface area (Å²) in [5.74, 6) is -1.10.